The maximum atomic E-state index is 11.1. The van der Waals surface area contributed by atoms with Gasteiger partial charge in [0, 0.05) is 5.69 Å². The average molecular weight is 261 g/mol. The normalized spacial score (nSPS) is 9.00. The Morgan fingerprint density at radius 1 is 1.24 bits per heavy atom. The number of benzene rings is 1. The van der Waals surface area contributed by atoms with Crippen molar-refractivity contribution < 1.29 is 70.8 Å². The zero-order chi connectivity index (χ0) is 12.0. The van der Waals surface area contributed by atoms with Gasteiger partial charge in [-0.3, -0.25) is 4.79 Å². The summed E-state index contributed by atoms with van der Waals surface area (Å²) in [4.78, 5) is 23.0. The van der Waals surface area contributed by atoms with Crippen LogP contribution in [-0.4, -0.2) is 32.1 Å². The predicted molar refractivity (Wildman–Crippen MR) is 55.7 cm³/mol. The van der Waals surface area contributed by atoms with Crippen molar-refractivity contribution in [1.29, 1.82) is 0 Å². The van der Waals surface area contributed by atoms with Crippen molar-refractivity contribution in [3.05, 3.63) is 30.3 Å². The van der Waals surface area contributed by atoms with Gasteiger partial charge in [-0.05, 0) is 12.1 Å². The van der Waals surface area contributed by atoms with Crippen LogP contribution in [0.4, 0.5) is 5.69 Å². The summed E-state index contributed by atoms with van der Waals surface area (Å²) in [5.41, 5.74) is 0.636. The Morgan fingerprint density at radius 2 is 1.82 bits per heavy atom. The van der Waals surface area contributed by atoms with Gasteiger partial charge in [-0.25, -0.2) is 0 Å². The fourth-order valence-corrected chi connectivity index (χ4v) is 1.25. The Labute approximate surface area is 142 Å². The maximum absolute atomic E-state index is 11.1. The number of aliphatic carboxylic acids is 1. The van der Waals surface area contributed by atoms with E-state index in [1.165, 1.54) is 12.0 Å². The topological polar surface area (TPSA) is 69.7 Å². The number of esters is 1. The van der Waals surface area contributed by atoms with Crippen molar-refractivity contribution >= 4 is 17.6 Å². The van der Waals surface area contributed by atoms with Crippen LogP contribution in [0.3, 0.4) is 0 Å². The first kappa shape index (κ1) is 16.6. The molecule has 0 aliphatic carbocycles. The van der Waals surface area contributed by atoms with Crippen molar-refractivity contribution in [2.75, 3.05) is 25.1 Å². The molecule has 0 unspecified atom stereocenters. The number of ether oxygens (including phenoxy) is 1. The molecule has 1 aromatic carbocycles. The van der Waals surface area contributed by atoms with Crippen LogP contribution in [0.1, 0.15) is 0 Å². The molecule has 0 fully saturated rings. The molecular weight excluding hydrogens is 249 g/mol. The molecule has 1 aromatic rings. The molecule has 6 heteroatoms. The molecule has 0 saturated carbocycles. The summed E-state index contributed by atoms with van der Waals surface area (Å²) in [6, 6.07) is 8.75. The van der Waals surface area contributed by atoms with E-state index in [0.29, 0.717) is 5.69 Å². The molecule has 5 nitrogen and oxygen atoms in total. The van der Waals surface area contributed by atoms with E-state index in [9.17, 15) is 14.7 Å². The Hall–Kier alpha value is -0.404. The zero-order valence-electron chi connectivity index (χ0n) is 9.88. The Balaban J connectivity index is 0.00000256. The van der Waals surface area contributed by atoms with Gasteiger partial charge in [0.05, 0.1) is 19.6 Å². The van der Waals surface area contributed by atoms with Crippen LogP contribution in [-0.2, 0) is 14.3 Å². The van der Waals surface area contributed by atoms with Gasteiger partial charge in [-0.2, -0.15) is 0 Å². The van der Waals surface area contributed by atoms with Crippen LogP contribution in [0.15, 0.2) is 30.3 Å². The van der Waals surface area contributed by atoms with Gasteiger partial charge in [-0.1, -0.05) is 18.2 Å². The average Bonchev–Trinajstić information content (AvgIpc) is 2.28. The first-order valence-electron chi connectivity index (χ1n) is 4.70. The van der Waals surface area contributed by atoms with E-state index < -0.39 is 11.9 Å². The van der Waals surface area contributed by atoms with Gasteiger partial charge in [0.2, 0.25) is 0 Å². The van der Waals surface area contributed by atoms with Gasteiger partial charge in [-0.15, -0.1) is 0 Å². The number of carboxylic acids is 1. The third-order valence-corrected chi connectivity index (χ3v) is 1.99. The van der Waals surface area contributed by atoms with Gasteiger partial charge < -0.3 is 19.5 Å². The third kappa shape index (κ3) is 6.18. The summed E-state index contributed by atoms with van der Waals surface area (Å²) in [5, 5.41) is 10.5. The second kappa shape index (κ2) is 8.65. The van der Waals surface area contributed by atoms with Crippen LogP contribution in [0.2, 0.25) is 0 Å². The van der Waals surface area contributed by atoms with Gasteiger partial charge in [0.1, 0.15) is 6.54 Å². The van der Waals surface area contributed by atoms with E-state index in [1.54, 1.807) is 30.3 Å². The Bertz CT molecular complexity index is 369. The summed E-state index contributed by atoms with van der Waals surface area (Å²) < 4.78 is 4.49. The summed E-state index contributed by atoms with van der Waals surface area (Å²) in [7, 11) is 1.25. The number of nitrogens with zero attached hydrogens (tertiary/aromatic N) is 1. The number of carboxylic acid groups (broad SMARTS) is 1. The number of para-hydroxylation sites is 1. The molecule has 0 radical (unpaired) electrons. The SMILES string of the molecule is COC(=O)CN(CC(=O)[O-])c1ccccc1.[K+]. The second-order valence-electron chi connectivity index (χ2n) is 3.14. The zero-order valence-corrected chi connectivity index (χ0v) is 13.0. The largest absolute Gasteiger partial charge is 1.00 e. The van der Waals surface area contributed by atoms with E-state index in [4.69, 9.17) is 0 Å². The van der Waals surface area contributed by atoms with E-state index in [-0.39, 0.29) is 64.5 Å². The minimum Gasteiger partial charge on any atom is -0.548 e. The first-order chi connectivity index (χ1) is 7.63. The summed E-state index contributed by atoms with van der Waals surface area (Å²) in [6.07, 6.45) is 0. The molecule has 0 amide bonds. The van der Waals surface area contributed by atoms with Crippen molar-refractivity contribution in [2.24, 2.45) is 0 Å². The van der Waals surface area contributed by atoms with Gasteiger partial charge in [0.25, 0.3) is 0 Å². The minimum absolute atomic E-state index is 0. The fraction of sp³-hybridized carbons (Fsp3) is 0.273. The number of methoxy groups -OCH3 is 1. The Morgan fingerprint density at radius 3 is 2.29 bits per heavy atom. The molecule has 0 aromatic heterocycles. The predicted octanol–water partition coefficient (Wildman–Crippen LogP) is -3.58. The van der Waals surface area contributed by atoms with Crippen LogP contribution < -0.4 is 61.4 Å². The monoisotopic (exact) mass is 261 g/mol. The van der Waals surface area contributed by atoms with Crippen molar-refractivity contribution in [3.8, 4) is 0 Å². The van der Waals surface area contributed by atoms with Crippen molar-refractivity contribution in [3.63, 3.8) is 0 Å². The minimum atomic E-state index is -1.24. The smallest absolute Gasteiger partial charge is 0.548 e. The number of hydrogen-bond acceptors (Lipinski definition) is 5. The molecule has 0 spiro atoms. The summed E-state index contributed by atoms with van der Waals surface area (Å²) in [5.74, 6) is -1.74. The van der Waals surface area contributed by atoms with Crippen LogP contribution in [0.25, 0.3) is 0 Å². The van der Waals surface area contributed by atoms with Crippen LogP contribution >= 0.6 is 0 Å². The molecule has 0 aliphatic heterocycles. The van der Waals surface area contributed by atoms with Gasteiger partial charge in [0.15, 0.2) is 0 Å². The second-order valence-corrected chi connectivity index (χ2v) is 3.14. The molecule has 86 valence electrons. The van der Waals surface area contributed by atoms with E-state index in [1.807, 2.05) is 0 Å². The summed E-state index contributed by atoms with van der Waals surface area (Å²) in [6.45, 7) is -0.465. The molecule has 17 heavy (non-hydrogen) atoms. The third-order valence-electron chi connectivity index (χ3n) is 1.99. The number of rotatable bonds is 5. The molecule has 0 bridgehead atoms. The standard InChI is InChI=1S/C11H13NO4.K/c1-16-11(15)8-12(7-10(13)14)9-5-3-2-4-6-9;/h2-6H,7-8H2,1H3,(H,13,14);/q;+1/p-1. The van der Waals surface area contributed by atoms with E-state index in [2.05, 4.69) is 4.74 Å². The molecule has 0 aliphatic rings. The molecular formula is C11H12KNO4. The van der Waals surface area contributed by atoms with Gasteiger partial charge >= 0.3 is 57.4 Å². The fourth-order valence-electron chi connectivity index (χ4n) is 1.25. The summed E-state index contributed by atoms with van der Waals surface area (Å²) >= 11 is 0. The molecule has 0 N–H and O–H groups in total. The van der Waals surface area contributed by atoms with Crippen molar-refractivity contribution in [2.45, 2.75) is 0 Å². The van der Waals surface area contributed by atoms with Crippen molar-refractivity contribution in [1.82, 2.24) is 0 Å². The molecule has 0 saturated heterocycles. The maximum Gasteiger partial charge on any atom is 1.00 e. The first-order valence-corrected chi connectivity index (χ1v) is 4.70. The number of anilines is 1. The number of carbonyl (C=O) groups is 2. The molecule has 0 atom stereocenters. The number of hydrogen-bond donors (Lipinski definition) is 0. The number of carbonyl (C=O) groups excluding carboxylic acids is 2. The van der Waals surface area contributed by atoms with E-state index in [0.717, 1.165) is 0 Å². The Kier molecular flexibility index (Phi) is 8.45. The molecule has 1 rings (SSSR count). The quantitative estimate of drug-likeness (QED) is 0.405. The molecule has 0 heterocycles. The van der Waals surface area contributed by atoms with Crippen LogP contribution in [0.5, 0.6) is 0 Å². The van der Waals surface area contributed by atoms with Crippen LogP contribution in [0, 0.1) is 0 Å². The van der Waals surface area contributed by atoms with E-state index >= 15 is 0 Å².